The molecule has 28 heavy (non-hydrogen) atoms. The standard InChI is InChI=1S/C21H25N5OS/c1-14-6-5-7-17(10-14)20-24-25-21(28-20)19(23-15(2)27)11-16-8-9-18(22-12-16)13-26(3)4/h5-10,12,19H,11,13H2,1-4H3,(H,23,27). The van der Waals surface area contributed by atoms with E-state index in [0.717, 1.165) is 33.4 Å². The van der Waals surface area contributed by atoms with Gasteiger partial charge in [-0.05, 0) is 38.7 Å². The van der Waals surface area contributed by atoms with E-state index in [2.05, 4.69) is 50.5 Å². The fraction of sp³-hybridized carbons (Fsp3) is 0.333. The maximum Gasteiger partial charge on any atom is 0.217 e. The van der Waals surface area contributed by atoms with Gasteiger partial charge in [0, 0.05) is 31.6 Å². The Morgan fingerprint density at radius 3 is 2.68 bits per heavy atom. The van der Waals surface area contributed by atoms with Crippen LogP contribution in [0.2, 0.25) is 0 Å². The van der Waals surface area contributed by atoms with Crippen LogP contribution in [0, 0.1) is 6.92 Å². The second-order valence-electron chi connectivity index (χ2n) is 7.17. The van der Waals surface area contributed by atoms with Gasteiger partial charge in [-0.2, -0.15) is 0 Å². The molecule has 0 saturated carbocycles. The molecular formula is C21H25N5OS. The lowest BCUT2D eigenvalue weighted by atomic mass is 10.1. The Morgan fingerprint density at radius 1 is 1.21 bits per heavy atom. The summed E-state index contributed by atoms with van der Waals surface area (Å²) in [5, 5.41) is 13.3. The molecule has 2 aromatic heterocycles. The summed E-state index contributed by atoms with van der Waals surface area (Å²) in [5.74, 6) is -0.0884. The second-order valence-corrected chi connectivity index (χ2v) is 8.18. The van der Waals surface area contributed by atoms with Crippen molar-refractivity contribution in [2.75, 3.05) is 14.1 Å². The summed E-state index contributed by atoms with van der Waals surface area (Å²) < 4.78 is 0. The number of aromatic nitrogens is 3. The van der Waals surface area contributed by atoms with Crippen LogP contribution in [-0.4, -0.2) is 40.1 Å². The second kappa shape index (κ2) is 9.03. The first-order chi connectivity index (χ1) is 13.4. The highest BCUT2D eigenvalue weighted by Crippen LogP contribution is 2.29. The first-order valence-electron chi connectivity index (χ1n) is 9.17. The highest BCUT2D eigenvalue weighted by molar-refractivity contribution is 7.14. The number of amides is 1. The Kier molecular flexibility index (Phi) is 6.49. The van der Waals surface area contributed by atoms with Crippen LogP contribution in [-0.2, 0) is 17.8 Å². The highest BCUT2D eigenvalue weighted by Gasteiger charge is 2.19. The number of rotatable bonds is 7. The van der Waals surface area contributed by atoms with Gasteiger partial charge >= 0.3 is 0 Å². The topological polar surface area (TPSA) is 71.0 Å². The summed E-state index contributed by atoms with van der Waals surface area (Å²) in [4.78, 5) is 18.3. The molecule has 1 amide bonds. The van der Waals surface area contributed by atoms with E-state index >= 15 is 0 Å². The van der Waals surface area contributed by atoms with Crippen LogP contribution in [0.3, 0.4) is 0 Å². The van der Waals surface area contributed by atoms with Crippen molar-refractivity contribution in [3.63, 3.8) is 0 Å². The lowest BCUT2D eigenvalue weighted by Gasteiger charge is -2.15. The quantitative estimate of drug-likeness (QED) is 0.664. The Bertz CT molecular complexity index is 936. The molecule has 0 aliphatic carbocycles. The van der Waals surface area contributed by atoms with Crippen LogP contribution in [0.4, 0.5) is 0 Å². The lowest BCUT2D eigenvalue weighted by molar-refractivity contribution is -0.119. The minimum atomic E-state index is -0.227. The molecule has 1 aromatic carbocycles. The summed E-state index contributed by atoms with van der Waals surface area (Å²) in [5.41, 5.74) is 4.28. The van der Waals surface area contributed by atoms with E-state index in [0.29, 0.717) is 6.42 Å². The van der Waals surface area contributed by atoms with Gasteiger partial charge in [-0.25, -0.2) is 0 Å². The first-order valence-corrected chi connectivity index (χ1v) is 9.98. The minimum absolute atomic E-state index is 0.0884. The number of nitrogens with one attached hydrogen (secondary N) is 1. The zero-order valence-electron chi connectivity index (χ0n) is 16.6. The molecule has 0 saturated heterocycles. The average Bonchev–Trinajstić information content (AvgIpc) is 3.12. The highest BCUT2D eigenvalue weighted by atomic mass is 32.1. The third-order valence-electron chi connectivity index (χ3n) is 4.19. The van der Waals surface area contributed by atoms with Crippen molar-refractivity contribution in [3.8, 4) is 10.6 Å². The van der Waals surface area contributed by atoms with E-state index in [1.165, 1.54) is 23.8 Å². The zero-order chi connectivity index (χ0) is 20.1. The summed E-state index contributed by atoms with van der Waals surface area (Å²) in [6, 6.07) is 12.0. The van der Waals surface area contributed by atoms with Crippen LogP contribution in [0.15, 0.2) is 42.6 Å². The normalized spacial score (nSPS) is 12.2. The number of carbonyl (C=O) groups excluding carboxylic acids is 1. The van der Waals surface area contributed by atoms with Crippen molar-refractivity contribution in [1.82, 2.24) is 25.4 Å². The van der Waals surface area contributed by atoms with Crippen LogP contribution < -0.4 is 5.32 Å². The Hall–Kier alpha value is -2.64. The van der Waals surface area contributed by atoms with Gasteiger partial charge in [-0.3, -0.25) is 9.78 Å². The molecule has 0 aliphatic heterocycles. The smallest absolute Gasteiger partial charge is 0.217 e. The van der Waals surface area contributed by atoms with Crippen molar-refractivity contribution in [1.29, 1.82) is 0 Å². The van der Waals surface area contributed by atoms with Crippen molar-refractivity contribution < 1.29 is 4.79 Å². The third-order valence-corrected chi connectivity index (χ3v) is 5.27. The molecule has 0 spiro atoms. The molecule has 7 heteroatoms. The van der Waals surface area contributed by atoms with Gasteiger partial charge in [0.25, 0.3) is 0 Å². The van der Waals surface area contributed by atoms with E-state index in [9.17, 15) is 4.79 Å². The van der Waals surface area contributed by atoms with Gasteiger partial charge in [0.05, 0.1) is 11.7 Å². The van der Waals surface area contributed by atoms with Crippen LogP contribution in [0.1, 0.15) is 34.8 Å². The number of benzene rings is 1. The Balaban J connectivity index is 1.80. The fourth-order valence-electron chi connectivity index (χ4n) is 2.94. The Morgan fingerprint density at radius 2 is 2.04 bits per heavy atom. The largest absolute Gasteiger partial charge is 0.347 e. The van der Waals surface area contributed by atoms with Gasteiger partial charge in [-0.15, -0.1) is 10.2 Å². The third kappa shape index (κ3) is 5.43. The lowest BCUT2D eigenvalue weighted by Crippen LogP contribution is -2.27. The predicted octanol–water partition coefficient (Wildman–Crippen LogP) is 3.39. The van der Waals surface area contributed by atoms with Crippen LogP contribution >= 0.6 is 11.3 Å². The molecule has 3 aromatic rings. The zero-order valence-corrected chi connectivity index (χ0v) is 17.5. The Labute approximate surface area is 169 Å². The number of carbonyl (C=O) groups is 1. The monoisotopic (exact) mass is 395 g/mol. The predicted molar refractivity (Wildman–Crippen MR) is 112 cm³/mol. The number of aryl methyl sites for hydroxylation is 1. The van der Waals surface area contributed by atoms with Gasteiger partial charge in [-0.1, -0.05) is 41.2 Å². The number of hydrogen-bond donors (Lipinski definition) is 1. The van der Waals surface area contributed by atoms with Gasteiger partial charge in [0.1, 0.15) is 10.0 Å². The molecule has 2 heterocycles. The van der Waals surface area contributed by atoms with E-state index in [1.54, 1.807) is 0 Å². The summed E-state index contributed by atoms with van der Waals surface area (Å²) >= 11 is 1.51. The van der Waals surface area contributed by atoms with Crippen molar-refractivity contribution in [2.45, 2.75) is 32.9 Å². The molecule has 1 atom stereocenters. The van der Waals surface area contributed by atoms with Crippen molar-refractivity contribution in [3.05, 3.63) is 64.4 Å². The fourth-order valence-corrected chi connectivity index (χ4v) is 3.84. The number of nitrogens with zero attached hydrogens (tertiary/aromatic N) is 4. The average molecular weight is 396 g/mol. The molecule has 1 N–H and O–H groups in total. The molecule has 0 radical (unpaired) electrons. The van der Waals surface area contributed by atoms with Gasteiger partial charge in [0.2, 0.25) is 5.91 Å². The maximum atomic E-state index is 11.7. The number of pyridine rings is 1. The summed E-state index contributed by atoms with van der Waals surface area (Å²) in [6.07, 6.45) is 2.49. The summed E-state index contributed by atoms with van der Waals surface area (Å²) in [6.45, 7) is 4.37. The molecule has 0 bridgehead atoms. The van der Waals surface area contributed by atoms with Crippen molar-refractivity contribution >= 4 is 17.2 Å². The minimum Gasteiger partial charge on any atom is -0.347 e. The summed E-state index contributed by atoms with van der Waals surface area (Å²) in [7, 11) is 4.04. The van der Waals surface area contributed by atoms with E-state index in [4.69, 9.17) is 0 Å². The van der Waals surface area contributed by atoms with Gasteiger partial charge < -0.3 is 10.2 Å². The first kappa shape index (κ1) is 20.1. The number of hydrogen-bond acceptors (Lipinski definition) is 6. The van der Waals surface area contributed by atoms with Crippen molar-refractivity contribution in [2.24, 2.45) is 0 Å². The van der Waals surface area contributed by atoms with E-state index in [1.807, 2.05) is 38.5 Å². The van der Waals surface area contributed by atoms with Crippen LogP contribution in [0.25, 0.3) is 10.6 Å². The maximum absolute atomic E-state index is 11.7. The molecular weight excluding hydrogens is 370 g/mol. The molecule has 0 aliphatic rings. The van der Waals surface area contributed by atoms with Crippen LogP contribution in [0.5, 0.6) is 0 Å². The molecule has 1 unspecified atom stereocenters. The van der Waals surface area contributed by atoms with Gasteiger partial charge in [0.15, 0.2) is 0 Å². The molecule has 6 nitrogen and oxygen atoms in total. The molecule has 0 fully saturated rings. The molecule has 3 rings (SSSR count). The molecule has 146 valence electrons. The van der Waals surface area contributed by atoms with E-state index in [-0.39, 0.29) is 11.9 Å². The SMILES string of the molecule is CC(=O)NC(Cc1ccc(CN(C)C)nc1)c1nnc(-c2cccc(C)c2)s1. The van der Waals surface area contributed by atoms with E-state index < -0.39 is 0 Å².